The Kier molecular flexibility index (Phi) is 6.63. The average Bonchev–Trinajstić information content (AvgIpc) is 3.66. The van der Waals surface area contributed by atoms with Crippen LogP contribution in [-0.2, 0) is 0 Å². The quantitative estimate of drug-likeness (QED) is 0.716. The van der Waals surface area contributed by atoms with Crippen molar-refractivity contribution in [1.29, 1.82) is 0 Å². The highest BCUT2D eigenvalue weighted by atomic mass is 16.5. The van der Waals surface area contributed by atoms with Crippen molar-refractivity contribution in [3.8, 4) is 11.5 Å². The molecular formula is C25H31N3O4. The van der Waals surface area contributed by atoms with E-state index in [-0.39, 0.29) is 17.7 Å². The van der Waals surface area contributed by atoms with Gasteiger partial charge in [0, 0.05) is 42.9 Å². The topological polar surface area (TPSA) is 80.8 Å². The number of piperidine rings is 1. The zero-order valence-corrected chi connectivity index (χ0v) is 19.0. The highest BCUT2D eigenvalue weighted by Crippen LogP contribution is 2.32. The van der Waals surface area contributed by atoms with E-state index >= 15 is 0 Å². The molecule has 2 heterocycles. The van der Waals surface area contributed by atoms with Gasteiger partial charge in [0.15, 0.2) is 0 Å². The number of pyridine rings is 1. The van der Waals surface area contributed by atoms with E-state index in [1.54, 1.807) is 32.4 Å². The summed E-state index contributed by atoms with van der Waals surface area (Å²) in [5.41, 5.74) is 2.97. The van der Waals surface area contributed by atoms with Gasteiger partial charge in [-0.15, -0.1) is 0 Å². The molecule has 7 heteroatoms. The lowest BCUT2D eigenvalue weighted by molar-refractivity contribution is 0.0709. The standard InChI is InChI=1S/C25H31N3O4/c1-16-4-7-22(24(29)26-15-17-5-6-17)23(27-16)18-8-10-28(11-9-18)25(30)19-12-20(31-2)14-21(13-19)32-3/h4,7,12-14,17-18H,5-6,8-11,15H2,1-3H3,(H,26,29). The second-order valence-corrected chi connectivity index (χ2v) is 8.71. The molecule has 1 aliphatic heterocycles. The van der Waals surface area contributed by atoms with Crippen molar-refractivity contribution in [1.82, 2.24) is 15.2 Å². The number of nitrogens with zero attached hydrogens (tertiary/aromatic N) is 2. The van der Waals surface area contributed by atoms with E-state index in [9.17, 15) is 9.59 Å². The monoisotopic (exact) mass is 437 g/mol. The maximum absolute atomic E-state index is 13.1. The Morgan fingerprint density at radius 2 is 1.69 bits per heavy atom. The van der Waals surface area contributed by atoms with Crippen molar-refractivity contribution >= 4 is 11.8 Å². The summed E-state index contributed by atoms with van der Waals surface area (Å²) in [4.78, 5) is 32.5. The molecule has 2 amide bonds. The Labute approximate surface area is 189 Å². The fourth-order valence-corrected chi connectivity index (χ4v) is 4.20. The molecule has 170 valence electrons. The average molecular weight is 438 g/mol. The lowest BCUT2D eigenvalue weighted by Crippen LogP contribution is -2.38. The van der Waals surface area contributed by atoms with E-state index in [0.717, 1.165) is 30.8 Å². The molecule has 0 atom stereocenters. The molecule has 32 heavy (non-hydrogen) atoms. The minimum absolute atomic E-state index is 0.0404. The van der Waals surface area contributed by atoms with Gasteiger partial charge in [-0.2, -0.15) is 0 Å². The SMILES string of the molecule is COc1cc(OC)cc(C(=O)N2CCC(c3nc(C)ccc3C(=O)NCC3CC3)CC2)c1. The van der Waals surface area contributed by atoms with Crippen molar-refractivity contribution in [2.45, 2.75) is 38.5 Å². The first kappa shape index (κ1) is 22.1. The molecule has 1 saturated carbocycles. The Morgan fingerprint density at radius 3 is 2.28 bits per heavy atom. The number of nitrogens with one attached hydrogen (secondary N) is 1. The van der Waals surface area contributed by atoms with E-state index in [1.807, 2.05) is 24.0 Å². The Morgan fingerprint density at radius 1 is 1.03 bits per heavy atom. The van der Waals surface area contributed by atoms with Crippen molar-refractivity contribution in [2.75, 3.05) is 33.9 Å². The van der Waals surface area contributed by atoms with Crippen molar-refractivity contribution in [2.24, 2.45) is 5.92 Å². The van der Waals surface area contributed by atoms with Gasteiger partial charge in [0.1, 0.15) is 11.5 Å². The molecule has 1 aliphatic carbocycles. The van der Waals surface area contributed by atoms with Crippen LogP contribution in [0.15, 0.2) is 30.3 Å². The summed E-state index contributed by atoms with van der Waals surface area (Å²) in [6.45, 7) is 3.91. The highest BCUT2D eigenvalue weighted by Gasteiger charge is 2.29. The van der Waals surface area contributed by atoms with Gasteiger partial charge in [-0.3, -0.25) is 14.6 Å². The molecule has 1 saturated heterocycles. The summed E-state index contributed by atoms with van der Waals surface area (Å²) in [6.07, 6.45) is 3.94. The molecule has 0 bridgehead atoms. The number of hydrogen-bond acceptors (Lipinski definition) is 5. The smallest absolute Gasteiger partial charge is 0.254 e. The number of hydrogen-bond donors (Lipinski definition) is 1. The van der Waals surface area contributed by atoms with Crippen LogP contribution in [0, 0.1) is 12.8 Å². The lowest BCUT2D eigenvalue weighted by Gasteiger charge is -2.32. The number of rotatable bonds is 7. The van der Waals surface area contributed by atoms with Gasteiger partial charge < -0.3 is 19.7 Å². The zero-order valence-electron chi connectivity index (χ0n) is 19.0. The van der Waals surface area contributed by atoms with Crippen LogP contribution in [0.5, 0.6) is 11.5 Å². The van der Waals surface area contributed by atoms with E-state index in [2.05, 4.69) is 5.32 Å². The molecule has 0 radical (unpaired) electrons. The molecule has 0 spiro atoms. The number of ether oxygens (including phenoxy) is 2. The van der Waals surface area contributed by atoms with Crippen LogP contribution in [0.1, 0.15) is 63.7 Å². The summed E-state index contributed by atoms with van der Waals surface area (Å²) in [7, 11) is 3.14. The van der Waals surface area contributed by atoms with Crippen molar-refractivity contribution in [3.05, 3.63) is 52.8 Å². The largest absolute Gasteiger partial charge is 0.497 e. The van der Waals surface area contributed by atoms with Crippen LogP contribution in [0.4, 0.5) is 0 Å². The van der Waals surface area contributed by atoms with Crippen LogP contribution in [0.2, 0.25) is 0 Å². The highest BCUT2D eigenvalue weighted by molar-refractivity contribution is 5.96. The summed E-state index contributed by atoms with van der Waals surface area (Å²) >= 11 is 0. The fraction of sp³-hybridized carbons (Fsp3) is 0.480. The van der Waals surface area contributed by atoms with Gasteiger partial charge in [-0.25, -0.2) is 0 Å². The third-order valence-electron chi connectivity index (χ3n) is 6.32. The first-order valence-electron chi connectivity index (χ1n) is 11.3. The zero-order chi connectivity index (χ0) is 22.7. The predicted octanol–water partition coefficient (Wildman–Crippen LogP) is 3.57. The first-order valence-corrected chi connectivity index (χ1v) is 11.3. The molecule has 2 fully saturated rings. The number of carbonyl (C=O) groups is 2. The van der Waals surface area contributed by atoms with E-state index in [4.69, 9.17) is 14.5 Å². The maximum atomic E-state index is 13.1. The van der Waals surface area contributed by atoms with E-state index in [0.29, 0.717) is 41.6 Å². The summed E-state index contributed by atoms with van der Waals surface area (Å²) in [6, 6.07) is 9.01. The molecule has 7 nitrogen and oxygen atoms in total. The molecule has 1 aromatic heterocycles. The third-order valence-corrected chi connectivity index (χ3v) is 6.32. The second kappa shape index (κ2) is 9.59. The number of likely N-dealkylation sites (tertiary alicyclic amines) is 1. The minimum Gasteiger partial charge on any atom is -0.497 e. The van der Waals surface area contributed by atoms with Crippen LogP contribution in [0.3, 0.4) is 0 Å². The first-order chi connectivity index (χ1) is 15.5. The number of benzene rings is 1. The number of carbonyl (C=O) groups excluding carboxylic acids is 2. The van der Waals surface area contributed by atoms with Crippen molar-refractivity contribution in [3.63, 3.8) is 0 Å². The Bertz CT molecular complexity index is 972. The van der Waals surface area contributed by atoms with Gasteiger partial charge in [-0.05, 0) is 62.8 Å². The van der Waals surface area contributed by atoms with Crippen LogP contribution >= 0.6 is 0 Å². The molecular weight excluding hydrogens is 406 g/mol. The van der Waals surface area contributed by atoms with Gasteiger partial charge in [0.05, 0.1) is 25.5 Å². The second-order valence-electron chi connectivity index (χ2n) is 8.71. The van der Waals surface area contributed by atoms with E-state index < -0.39 is 0 Å². The van der Waals surface area contributed by atoms with Crippen LogP contribution in [-0.4, -0.2) is 55.6 Å². The third kappa shape index (κ3) is 5.03. The lowest BCUT2D eigenvalue weighted by atomic mass is 9.89. The number of amides is 2. The fourth-order valence-electron chi connectivity index (χ4n) is 4.20. The van der Waals surface area contributed by atoms with Gasteiger partial charge in [0.25, 0.3) is 11.8 Å². The van der Waals surface area contributed by atoms with Crippen molar-refractivity contribution < 1.29 is 19.1 Å². The normalized spacial score (nSPS) is 16.5. The number of aromatic nitrogens is 1. The predicted molar refractivity (Wildman–Crippen MR) is 121 cm³/mol. The van der Waals surface area contributed by atoms with Crippen LogP contribution in [0.25, 0.3) is 0 Å². The summed E-state index contributed by atoms with van der Waals surface area (Å²) < 4.78 is 10.6. The Hall–Kier alpha value is -3.09. The van der Waals surface area contributed by atoms with Gasteiger partial charge in [0.2, 0.25) is 0 Å². The number of aryl methyl sites for hydroxylation is 1. The van der Waals surface area contributed by atoms with Crippen LogP contribution < -0.4 is 14.8 Å². The molecule has 1 aromatic carbocycles. The Balaban J connectivity index is 1.45. The summed E-state index contributed by atoms with van der Waals surface area (Å²) in [5, 5.41) is 3.06. The van der Waals surface area contributed by atoms with Gasteiger partial charge in [-0.1, -0.05) is 0 Å². The molecule has 2 aromatic rings. The number of methoxy groups -OCH3 is 2. The van der Waals surface area contributed by atoms with Gasteiger partial charge >= 0.3 is 0 Å². The molecule has 4 rings (SSSR count). The molecule has 0 unspecified atom stereocenters. The molecule has 1 N–H and O–H groups in total. The minimum atomic E-state index is -0.0414. The van der Waals surface area contributed by atoms with E-state index in [1.165, 1.54) is 12.8 Å². The molecule has 2 aliphatic rings. The maximum Gasteiger partial charge on any atom is 0.254 e. The summed E-state index contributed by atoms with van der Waals surface area (Å²) in [5.74, 6) is 1.88.